The number of hydrogen-bond donors (Lipinski definition) is 1. The molecule has 0 aromatic heterocycles. The van der Waals surface area contributed by atoms with Crippen molar-refractivity contribution in [2.24, 2.45) is 10.2 Å². The molecule has 0 heterocycles. The van der Waals surface area contributed by atoms with Gasteiger partial charge in [-0.2, -0.15) is 5.11 Å². The Morgan fingerprint density at radius 2 is 2.11 bits per heavy atom. The molecule has 9 heteroatoms. The van der Waals surface area contributed by atoms with Crippen LogP contribution >= 0.6 is 11.6 Å². The van der Waals surface area contributed by atoms with E-state index in [1.807, 2.05) is 19.1 Å². The normalized spacial score (nSPS) is 10.6. The molecule has 0 saturated heterocycles. The monoisotopic (exact) mass is 402 g/mol. The number of azo groups is 1. The van der Waals surface area contributed by atoms with E-state index in [2.05, 4.69) is 22.1 Å². The van der Waals surface area contributed by atoms with Gasteiger partial charge in [-0.3, -0.25) is 10.1 Å². The standard InChI is InChI=1S/C19H19ClN4O4/c1-3-19(25)28-10-9-13-5-7-16(17(11-13)21-4-2)23-22-14-6-8-18(24(26)27)15(20)12-14/h3,5-8,11-12,21H,1,4,9-10H2,2H3. The molecule has 2 rings (SSSR count). The predicted octanol–water partition coefficient (Wildman–Crippen LogP) is 5.37. The molecule has 0 spiro atoms. The largest absolute Gasteiger partial charge is 0.462 e. The number of halogens is 1. The zero-order chi connectivity index (χ0) is 20.5. The Kier molecular flexibility index (Phi) is 7.65. The summed E-state index contributed by atoms with van der Waals surface area (Å²) in [6, 6.07) is 9.71. The Bertz CT molecular complexity index is 915. The summed E-state index contributed by atoms with van der Waals surface area (Å²) >= 11 is 5.89. The number of nitro groups is 1. The van der Waals surface area contributed by atoms with Crippen molar-refractivity contribution in [3.8, 4) is 0 Å². The summed E-state index contributed by atoms with van der Waals surface area (Å²) in [5.74, 6) is -0.459. The molecule has 0 bridgehead atoms. The van der Waals surface area contributed by atoms with Gasteiger partial charge in [-0.15, -0.1) is 5.11 Å². The van der Waals surface area contributed by atoms with Gasteiger partial charge in [0, 0.05) is 25.1 Å². The Morgan fingerprint density at radius 3 is 2.75 bits per heavy atom. The maximum Gasteiger partial charge on any atom is 0.330 e. The van der Waals surface area contributed by atoms with Gasteiger partial charge >= 0.3 is 5.97 Å². The molecule has 1 N–H and O–H groups in total. The molecule has 8 nitrogen and oxygen atoms in total. The SMILES string of the molecule is C=CC(=O)OCCc1ccc(N=Nc2ccc([N+](=O)[O-])c(Cl)c2)c(NCC)c1. The number of hydrogen-bond acceptors (Lipinski definition) is 7. The second-order valence-electron chi connectivity index (χ2n) is 5.60. The van der Waals surface area contributed by atoms with E-state index in [1.54, 1.807) is 6.07 Å². The molecule has 0 saturated carbocycles. The lowest BCUT2D eigenvalue weighted by Crippen LogP contribution is -2.05. The number of ether oxygens (including phenoxy) is 1. The van der Waals surface area contributed by atoms with Crippen LogP contribution in [0.5, 0.6) is 0 Å². The number of carbonyl (C=O) groups is 1. The Hall–Kier alpha value is -3.26. The molecular weight excluding hydrogens is 384 g/mol. The molecule has 0 amide bonds. The molecule has 0 aliphatic rings. The number of nitrogens with zero attached hydrogens (tertiary/aromatic N) is 3. The lowest BCUT2D eigenvalue weighted by atomic mass is 10.1. The fraction of sp³-hybridized carbons (Fsp3) is 0.211. The zero-order valence-electron chi connectivity index (χ0n) is 15.2. The summed E-state index contributed by atoms with van der Waals surface area (Å²) in [4.78, 5) is 21.4. The highest BCUT2D eigenvalue weighted by molar-refractivity contribution is 6.32. The first-order chi connectivity index (χ1) is 13.4. The van der Waals surface area contributed by atoms with Crippen molar-refractivity contribution in [3.05, 3.63) is 69.8 Å². The highest BCUT2D eigenvalue weighted by atomic mass is 35.5. The fourth-order valence-electron chi connectivity index (χ4n) is 2.30. The van der Waals surface area contributed by atoms with Crippen LogP contribution < -0.4 is 5.32 Å². The van der Waals surface area contributed by atoms with Crippen molar-refractivity contribution < 1.29 is 14.5 Å². The number of carbonyl (C=O) groups excluding carboxylic acids is 1. The molecule has 0 unspecified atom stereocenters. The van der Waals surface area contributed by atoms with E-state index >= 15 is 0 Å². The van der Waals surface area contributed by atoms with Crippen LogP contribution in [0.1, 0.15) is 12.5 Å². The zero-order valence-corrected chi connectivity index (χ0v) is 16.0. The number of esters is 1. The molecule has 0 aliphatic carbocycles. The van der Waals surface area contributed by atoms with Gasteiger partial charge in [0.15, 0.2) is 0 Å². The second-order valence-corrected chi connectivity index (χ2v) is 6.00. The maximum absolute atomic E-state index is 11.1. The topological polar surface area (TPSA) is 106 Å². The van der Waals surface area contributed by atoms with E-state index in [4.69, 9.17) is 16.3 Å². The summed E-state index contributed by atoms with van der Waals surface area (Å²) in [5.41, 5.74) is 2.55. The van der Waals surface area contributed by atoms with Crippen LogP contribution in [0.2, 0.25) is 5.02 Å². The Labute approximate surface area is 167 Å². The van der Waals surface area contributed by atoms with Gasteiger partial charge in [0.2, 0.25) is 0 Å². The van der Waals surface area contributed by atoms with Gasteiger partial charge in [0.1, 0.15) is 10.7 Å². The van der Waals surface area contributed by atoms with E-state index in [0.29, 0.717) is 24.3 Å². The second kappa shape index (κ2) is 10.2. The van der Waals surface area contributed by atoms with Crippen LogP contribution in [0.4, 0.5) is 22.7 Å². The average molecular weight is 403 g/mol. The van der Waals surface area contributed by atoms with Gasteiger partial charge in [-0.1, -0.05) is 24.2 Å². The van der Waals surface area contributed by atoms with Gasteiger partial charge in [0.05, 0.1) is 22.9 Å². The number of anilines is 1. The third-order valence-electron chi connectivity index (χ3n) is 3.63. The average Bonchev–Trinajstić information content (AvgIpc) is 2.67. The minimum atomic E-state index is -0.558. The van der Waals surface area contributed by atoms with E-state index in [0.717, 1.165) is 17.3 Å². The lowest BCUT2D eigenvalue weighted by molar-refractivity contribution is -0.384. The van der Waals surface area contributed by atoms with Crippen LogP contribution in [-0.4, -0.2) is 24.0 Å². The Balaban J connectivity index is 2.16. The van der Waals surface area contributed by atoms with Crippen LogP contribution in [0.3, 0.4) is 0 Å². The molecular formula is C19H19ClN4O4. The summed E-state index contributed by atoms with van der Waals surface area (Å²) < 4.78 is 4.99. The highest BCUT2D eigenvalue weighted by Crippen LogP contribution is 2.31. The molecule has 0 radical (unpaired) electrons. The van der Waals surface area contributed by atoms with E-state index in [-0.39, 0.29) is 17.3 Å². The smallest absolute Gasteiger partial charge is 0.330 e. The van der Waals surface area contributed by atoms with E-state index < -0.39 is 10.9 Å². The third-order valence-corrected chi connectivity index (χ3v) is 3.93. The number of nitrogens with one attached hydrogen (secondary N) is 1. The highest BCUT2D eigenvalue weighted by Gasteiger charge is 2.12. The van der Waals surface area contributed by atoms with Gasteiger partial charge in [-0.25, -0.2) is 4.79 Å². The number of rotatable bonds is 9. The molecule has 146 valence electrons. The van der Waals surface area contributed by atoms with E-state index in [9.17, 15) is 14.9 Å². The fourth-order valence-corrected chi connectivity index (χ4v) is 2.55. The first-order valence-electron chi connectivity index (χ1n) is 8.46. The molecule has 2 aromatic rings. The van der Waals surface area contributed by atoms with Crippen LogP contribution in [0.25, 0.3) is 0 Å². The molecule has 0 aliphatic heterocycles. The summed E-state index contributed by atoms with van der Waals surface area (Å²) in [6.07, 6.45) is 1.67. The van der Waals surface area contributed by atoms with Crippen LogP contribution in [-0.2, 0) is 16.0 Å². The van der Waals surface area contributed by atoms with Crippen LogP contribution in [0.15, 0.2) is 59.3 Å². The Morgan fingerprint density at radius 1 is 1.32 bits per heavy atom. The van der Waals surface area contributed by atoms with Crippen molar-refractivity contribution in [3.63, 3.8) is 0 Å². The van der Waals surface area contributed by atoms with E-state index in [1.165, 1.54) is 18.2 Å². The van der Waals surface area contributed by atoms with Gasteiger partial charge < -0.3 is 10.1 Å². The van der Waals surface area contributed by atoms with Crippen molar-refractivity contribution in [2.75, 3.05) is 18.5 Å². The first-order valence-corrected chi connectivity index (χ1v) is 8.84. The van der Waals surface area contributed by atoms with Crippen LogP contribution in [0, 0.1) is 10.1 Å². The minimum Gasteiger partial charge on any atom is -0.462 e. The third kappa shape index (κ3) is 5.88. The van der Waals surface area contributed by atoms with Crippen molar-refractivity contribution in [1.29, 1.82) is 0 Å². The summed E-state index contributed by atoms with van der Waals surface area (Å²) in [5, 5.41) is 22.3. The van der Waals surface area contributed by atoms with Crippen molar-refractivity contribution in [1.82, 2.24) is 0 Å². The molecule has 0 atom stereocenters. The minimum absolute atomic E-state index is 0.00206. The molecule has 2 aromatic carbocycles. The first kappa shape index (κ1) is 21.0. The maximum atomic E-state index is 11.1. The lowest BCUT2D eigenvalue weighted by Gasteiger charge is -2.09. The summed E-state index contributed by atoms with van der Waals surface area (Å²) in [6.45, 7) is 6.24. The van der Waals surface area contributed by atoms with Gasteiger partial charge in [0.25, 0.3) is 5.69 Å². The summed E-state index contributed by atoms with van der Waals surface area (Å²) in [7, 11) is 0. The van der Waals surface area contributed by atoms with Crippen molar-refractivity contribution in [2.45, 2.75) is 13.3 Å². The predicted molar refractivity (Wildman–Crippen MR) is 108 cm³/mol. The number of benzene rings is 2. The quantitative estimate of drug-likeness (QED) is 0.199. The van der Waals surface area contributed by atoms with Crippen molar-refractivity contribution >= 4 is 40.3 Å². The van der Waals surface area contributed by atoms with Gasteiger partial charge in [-0.05, 0) is 36.8 Å². The molecule has 28 heavy (non-hydrogen) atoms. The number of nitro benzene ring substituents is 1. The molecule has 0 fully saturated rings.